The van der Waals surface area contributed by atoms with Crippen LogP contribution in [0.1, 0.15) is 26.2 Å². The second-order valence-electron chi connectivity index (χ2n) is 8.17. The molecule has 33 heavy (non-hydrogen) atoms. The lowest BCUT2D eigenvalue weighted by Gasteiger charge is -2.49. The Morgan fingerprint density at radius 3 is 2.39 bits per heavy atom. The molecule has 0 aromatic heterocycles. The van der Waals surface area contributed by atoms with Crippen LogP contribution in [0.3, 0.4) is 0 Å². The van der Waals surface area contributed by atoms with Crippen LogP contribution in [0.4, 0.5) is 22.4 Å². The van der Waals surface area contributed by atoms with Gasteiger partial charge in [0.1, 0.15) is 5.82 Å². The molecule has 8 nitrogen and oxygen atoms in total. The van der Waals surface area contributed by atoms with E-state index in [1.165, 1.54) is 16.4 Å². The zero-order chi connectivity index (χ0) is 24.4. The Kier molecular flexibility index (Phi) is 7.56. The van der Waals surface area contributed by atoms with Gasteiger partial charge in [0.2, 0.25) is 16.1 Å². The summed E-state index contributed by atoms with van der Waals surface area (Å²) in [4.78, 5) is 13.2. The average Bonchev–Trinajstić information content (AvgIpc) is 2.77. The summed E-state index contributed by atoms with van der Waals surface area (Å²) >= 11 is 0. The van der Waals surface area contributed by atoms with Crippen LogP contribution in [-0.4, -0.2) is 85.6 Å². The van der Waals surface area contributed by atoms with E-state index in [0.717, 1.165) is 17.0 Å². The van der Waals surface area contributed by atoms with E-state index in [9.17, 15) is 30.8 Å². The third-order valence-corrected chi connectivity index (χ3v) is 7.73. The van der Waals surface area contributed by atoms with E-state index in [4.69, 9.17) is 9.84 Å². The second kappa shape index (κ2) is 9.72. The molecule has 1 spiro atoms. The Bertz CT molecular complexity index is 933. The van der Waals surface area contributed by atoms with Gasteiger partial charge in [-0.25, -0.2) is 17.6 Å². The summed E-state index contributed by atoms with van der Waals surface area (Å²) in [6, 6.07) is 4.49. The molecule has 2 fully saturated rings. The van der Waals surface area contributed by atoms with Gasteiger partial charge in [0.05, 0.1) is 23.2 Å². The number of rotatable bonds is 5. The lowest BCUT2D eigenvalue weighted by Crippen LogP contribution is -2.61. The Hall–Kier alpha value is -1.96. The number of amides is 1. The monoisotopic (exact) mass is 498 g/mol. The number of halogens is 4. The molecule has 1 aromatic rings. The summed E-state index contributed by atoms with van der Waals surface area (Å²) in [7, 11) is -3.93. The van der Waals surface area contributed by atoms with E-state index >= 15 is 0 Å². The number of hydrogen-bond acceptors (Lipinski definition) is 6. The molecule has 1 N–H and O–H groups in total. The van der Waals surface area contributed by atoms with Crippen molar-refractivity contribution in [2.45, 2.75) is 55.1 Å². The molecule has 0 aliphatic carbocycles. The first kappa shape index (κ1) is 25.7. The topological polar surface area (TPSA) is 96.4 Å². The van der Waals surface area contributed by atoms with Crippen molar-refractivity contribution in [1.29, 1.82) is 0 Å². The molecule has 2 aliphatic heterocycles. The van der Waals surface area contributed by atoms with Crippen LogP contribution in [0.2, 0.25) is 0 Å². The van der Waals surface area contributed by atoms with Gasteiger partial charge in [0.25, 0.3) is 0 Å². The fourth-order valence-electron chi connectivity index (χ4n) is 3.97. The SMILES string of the molecule is CCC1CN(S(=O)(=O)c2ccc(F)cc2)CC2(CCN(C(=O)O[C@H](CO)C(F)(F)F)CC2)O1. The van der Waals surface area contributed by atoms with Crippen molar-refractivity contribution in [3.8, 4) is 0 Å². The van der Waals surface area contributed by atoms with Crippen LogP contribution >= 0.6 is 0 Å². The lowest BCUT2D eigenvalue weighted by atomic mass is 9.89. The number of aliphatic hydroxyl groups excluding tert-OH is 1. The lowest BCUT2D eigenvalue weighted by molar-refractivity contribution is -0.216. The minimum atomic E-state index is -4.89. The number of carbonyl (C=O) groups excluding carboxylic acids is 1. The highest BCUT2D eigenvalue weighted by molar-refractivity contribution is 7.89. The summed E-state index contributed by atoms with van der Waals surface area (Å²) in [6.07, 6.45) is -8.25. The minimum Gasteiger partial charge on any atom is -0.434 e. The maximum atomic E-state index is 13.2. The van der Waals surface area contributed by atoms with Crippen LogP contribution in [0.15, 0.2) is 29.2 Å². The van der Waals surface area contributed by atoms with E-state index in [1.807, 2.05) is 6.92 Å². The molecule has 2 heterocycles. The van der Waals surface area contributed by atoms with E-state index in [0.29, 0.717) is 6.42 Å². The molecule has 2 atom stereocenters. The number of morpholine rings is 1. The van der Waals surface area contributed by atoms with Crippen molar-refractivity contribution in [2.24, 2.45) is 0 Å². The first-order valence-corrected chi connectivity index (χ1v) is 11.9. The summed E-state index contributed by atoms with van der Waals surface area (Å²) in [5, 5.41) is 8.86. The van der Waals surface area contributed by atoms with Gasteiger partial charge in [-0.15, -0.1) is 0 Å². The fraction of sp³-hybridized carbons (Fsp3) is 0.650. The molecule has 1 amide bonds. The molecule has 1 unspecified atom stereocenters. The van der Waals surface area contributed by atoms with Crippen LogP contribution in [0.5, 0.6) is 0 Å². The molecule has 1 aromatic carbocycles. The molecule has 3 rings (SSSR count). The van der Waals surface area contributed by atoms with Crippen molar-refractivity contribution in [1.82, 2.24) is 9.21 Å². The summed E-state index contributed by atoms with van der Waals surface area (Å²) in [5.41, 5.74) is -0.927. The maximum absolute atomic E-state index is 13.2. The third-order valence-electron chi connectivity index (χ3n) is 5.90. The number of hydrogen-bond donors (Lipinski definition) is 1. The van der Waals surface area contributed by atoms with Crippen molar-refractivity contribution < 1.29 is 45.4 Å². The first-order chi connectivity index (χ1) is 15.4. The Morgan fingerprint density at radius 2 is 1.88 bits per heavy atom. The number of likely N-dealkylation sites (tertiary alicyclic amines) is 1. The Balaban J connectivity index is 1.71. The van der Waals surface area contributed by atoms with Crippen molar-refractivity contribution in [3.05, 3.63) is 30.1 Å². The van der Waals surface area contributed by atoms with E-state index in [-0.39, 0.29) is 43.9 Å². The zero-order valence-corrected chi connectivity index (χ0v) is 18.7. The highest BCUT2D eigenvalue weighted by Gasteiger charge is 2.48. The van der Waals surface area contributed by atoms with Gasteiger partial charge in [0, 0.05) is 26.2 Å². The predicted molar refractivity (Wildman–Crippen MR) is 107 cm³/mol. The van der Waals surface area contributed by atoms with Gasteiger partial charge in [0.15, 0.2) is 0 Å². The molecule has 13 heteroatoms. The highest BCUT2D eigenvalue weighted by atomic mass is 32.2. The van der Waals surface area contributed by atoms with Crippen LogP contribution in [0.25, 0.3) is 0 Å². The smallest absolute Gasteiger partial charge is 0.427 e. The summed E-state index contributed by atoms with van der Waals surface area (Å²) < 4.78 is 89.7. The van der Waals surface area contributed by atoms with Crippen LogP contribution < -0.4 is 0 Å². The van der Waals surface area contributed by atoms with Crippen LogP contribution in [0, 0.1) is 5.82 Å². The predicted octanol–water partition coefficient (Wildman–Crippen LogP) is 2.52. The number of sulfonamides is 1. The molecular formula is C20H26F4N2O6S. The summed E-state index contributed by atoms with van der Waals surface area (Å²) in [5.74, 6) is -0.563. The number of ether oxygens (including phenoxy) is 2. The van der Waals surface area contributed by atoms with Gasteiger partial charge >= 0.3 is 12.3 Å². The fourth-order valence-corrected chi connectivity index (χ4v) is 5.51. The van der Waals surface area contributed by atoms with Gasteiger partial charge < -0.3 is 19.5 Å². The molecule has 0 saturated carbocycles. The standard InChI is InChI=1S/C20H26F4N2O6S/c1-2-15-11-26(33(29,30)16-5-3-14(21)4-6-16)13-19(32-15)7-9-25(10-8-19)18(28)31-17(12-27)20(22,23)24/h3-6,15,17,27H,2,7-13H2,1H3/t15?,17-/m1/s1. The van der Waals surface area contributed by atoms with Gasteiger partial charge in [-0.05, 0) is 43.5 Å². The number of carbonyl (C=O) groups is 1. The maximum Gasteiger partial charge on any atom is 0.427 e. The first-order valence-electron chi connectivity index (χ1n) is 10.5. The Labute approximate surface area is 189 Å². The van der Waals surface area contributed by atoms with E-state index < -0.39 is 52.5 Å². The largest absolute Gasteiger partial charge is 0.434 e. The molecule has 2 aliphatic rings. The number of alkyl halides is 3. The van der Waals surface area contributed by atoms with E-state index in [2.05, 4.69) is 4.74 Å². The summed E-state index contributed by atoms with van der Waals surface area (Å²) in [6.45, 7) is 0.544. The highest BCUT2D eigenvalue weighted by Crippen LogP contribution is 2.36. The van der Waals surface area contributed by atoms with Crippen LogP contribution in [-0.2, 0) is 19.5 Å². The third kappa shape index (κ3) is 5.76. The van der Waals surface area contributed by atoms with Crippen molar-refractivity contribution in [3.63, 3.8) is 0 Å². The van der Waals surface area contributed by atoms with Crippen molar-refractivity contribution in [2.75, 3.05) is 32.8 Å². The number of piperidine rings is 1. The molecule has 0 bridgehead atoms. The number of benzene rings is 1. The number of nitrogens with zero attached hydrogens (tertiary/aromatic N) is 2. The van der Waals surface area contributed by atoms with Gasteiger partial charge in [-0.2, -0.15) is 17.5 Å². The van der Waals surface area contributed by atoms with Gasteiger partial charge in [-0.3, -0.25) is 0 Å². The number of aliphatic hydroxyl groups is 1. The van der Waals surface area contributed by atoms with Crippen molar-refractivity contribution >= 4 is 16.1 Å². The van der Waals surface area contributed by atoms with E-state index in [1.54, 1.807) is 0 Å². The molecule has 2 saturated heterocycles. The van der Waals surface area contributed by atoms with Gasteiger partial charge in [-0.1, -0.05) is 6.92 Å². The quantitative estimate of drug-likeness (QED) is 0.627. The second-order valence-corrected chi connectivity index (χ2v) is 10.1. The Morgan fingerprint density at radius 1 is 1.27 bits per heavy atom. The average molecular weight is 498 g/mol. The molecular weight excluding hydrogens is 472 g/mol. The molecule has 186 valence electrons. The zero-order valence-electron chi connectivity index (χ0n) is 17.9. The normalized spacial score (nSPS) is 22.8. The molecule has 0 radical (unpaired) electrons. The minimum absolute atomic E-state index is 0.00426.